The minimum Gasteiger partial charge on any atom is -0.481 e. The highest BCUT2D eigenvalue weighted by atomic mass is 32.2. The quantitative estimate of drug-likeness (QED) is 0.328. The van der Waals surface area contributed by atoms with Gasteiger partial charge in [0.25, 0.3) is 0 Å². The zero-order valence-electron chi connectivity index (χ0n) is 17.7. The molecule has 0 amide bonds. The van der Waals surface area contributed by atoms with E-state index in [0.29, 0.717) is 24.0 Å². The highest BCUT2D eigenvalue weighted by Crippen LogP contribution is 2.46. The molecule has 2 heterocycles. The number of carboxylic acid groups (broad SMARTS) is 1. The Labute approximate surface area is 174 Å². The molecule has 0 saturated carbocycles. The van der Waals surface area contributed by atoms with Crippen LogP contribution in [0.1, 0.15) is 65.7 Å². The molecule has 0 aliphatic carbocycles. The Morgan fingerprint density at radius 3 is 2.75 bits per heavy atom. The molecular weight excluding hydrogens is 372 g/mol. The van der Waals surface area contributed by atoms with Crippen molar-refractivity contribution >= 4 is 17.7 Å². The van der Waals surface area contributed by atoms with Crippen LogP contribution in [0.4, 0.5) is 0 Å². The number of aliphatic hydroxyl groups is 1. The zero-order chi connectivity index (χ0) is 20.6. The van der Waals surface area contributed by atoms with Gasteiger partial charge in [-0.3, -0.25) is 4.79 Å². The number of unbranched alkanes of at least 4 members (excludes halogenated alkanes) is 1. The van der Waals surface area contributed by atoms with E-state index in [2.05, 4.69) is 26.8 Å². The van der Waals surface area contributed by atoms with Gasteiger partial charge >= 0.3 is 5.97 Å². The summed E-state index contributed by atoms with van der Waals surface area (Å²) in [5, 5.41) is 19.3. The average molecular weight is 411 g/mol. The Balaban J connectivity index is 1.81. The molecule has 1 unspecified atom stereocenters. The van der Waals surface area contributed by atoms with Gasteiger partial charge in [-0.2, -0.15) is 11.8 Å². The fourth-order valence-corrected chi connectivity index (χ4v) is 5.23. The monoisotopic (exact) mass is 410 g/mol. The molecule has 2 rings (SSSR count). The molecule has 5 atom stereocenters. The van der Waals surface area contributed by atoms with E-state index in [1.165, 1.54) is 0 Å². The number of fused-ring (bicyclic) bond motifs is 2. The molecule has 0 spiro atoms. The number of rotatable bonds is 13. The van der Waals surface area contributed by atoms with Crippen LogP contribution in [0, 0.1) is 17.3 Å². The molecule has 4 nitrogen and oxygen atoms in total. The largest absolute Gasteiger partial charge is 0.481 e. The lowest BCUT2D eigenvalue weighted by atomic mass is 9.76. The molecule has 2 saturated heterocycles. The summed E-state index contributed by atoms with van der Waals surface area (Å²) in [4.78, 5) is 10.5. The molecule has 0 aromatic carbocycles. The van der Waals surface area contributed by atoms with Crippen LogP contribution in [0.5, 0.6) is 0 Å². The number of thioether (sulfide) groups is 1. The van der Waals surface area contributed by atoms with Crippen molar-refractivity contribution < 1.29 is 19.7 Å². The second-order valence-corrected chi connectivity index (χ2v) is 10.0. The second-order valence-electron chi connectivity index (χ2n) is 8.89. The van der Waals surface area contributed by atoms with Crippen molar-refractivity contribution in [2.75, 3.05) is 11.5 Å². The molecular formula is C23H38O4S. The van der Waals surface area contributed by atoms with Crippen molar-refractivity contribution in [3.63, 3.8) is 0 Å². The van der Waals surface area contributed by atoms with Crippen LogP contribution < -0.4 is 0 Å². The van der Waals surface area contributed by atoms with Gasteiger partial charge in [-0.15, -0.1) is 0 Å². The lowest BCUT2D eigenvalue weighted by Gasteiger charge is -2.30. The molecule has 0 aromatic heterocycles. The van der Waals surface area contributed by atoms with Crippen molar-refractivity contribution in [2.24, 2.45) is 17.3 Å². The Bertz CT molecular complexity index is 543. The van der Waals surface area contributed by atoms with Gasteiger partial charge in [0.15, 0.2) is 0 Å². The van der Waals surface area contributed by atoms with Gasteiger partial charge < -0.3 is 14.9 Å². The molecule has 2 bridgehead atoms. The topological polar surface area (TPSA) is 66.8 Å². The van der Waals surface area contributed by atoms with Crippen molar-refractivity contribution in [2.45, 2.75) is 84.0 Å². The normalized spacial score (nSPS) is 28.6. The minimum absolute atomic E-state index is 0.0847. The predicted molar refractivity (Wildman–Crippen MR) is 117 cm³/mol. The van der Waals surface area contributed by atoms with Gasteiger partial charge in [0.05, 0.1) is 24.7 Å². The summed E-state index contributed by atoms with van der Waals surface area (Å²) in [6.45, 7) is 6.50. The number of hydrogen-bond donors (Lipinski definition) is 2. The summed E-state index contributed by atoms with van der Waals surface area (Å²) in [7, 11) is 0. The van der Waals surface area contributed by atoms with Crippen LogP contribution in [0.25, 0.3) is 0 Å². The standard InChI is InChI=1S/C23H38O4S/c1-4-5-14-23(2,3)21(24)12-9-17-18(20-11-10-19(17)27-20)13-16-28-15-7-6-8-22(25)26/h6-7,9,12,17-21,24H,4-5,8,10-11,13-16H2,1-3H3,(H,25,26)/t17-,18+,19-,20+,21?/m0/s1. The second kappa shape index (κ2) is 11.4. The fourth-order valence-electron chi connectivity index (χ4n) is 4.35. The van der Waals surface area contributed by atoms with Crippen LogP contribution in [0.2, 0.25) is 0 Å². The Morgan fingerprint density at radius 2 is 2.04 bits per heavy atom. The van der Waals surface area contributed by atoms with Crippen molar-refractivity contribution in [3.8, 4) is 0 Å². The summed E-state index contributed by atoms with van der Waals surface area (Å²) in [6.07, 6.45) is 15.1. The van der Waals surface area contributed by atoms with E-state index in [0.717, 1.165) is 50.0 Å². The average Bonchev–Trinajstić information content (AvgIpc) is 3.25. The molecule has 5 heteroatoms. The Hall–Kier alpha value is -0.780. The number of carboxylic acids is 1. The molecule has 2 fully saturated rings. The maximum absolute atomic E-state index is 10.7. The Morgan fingerprint density at radius 1 is 1.29 bits per heavy atom. The van der Waals surface area contributed by atoms with E-state index in [-0.39, 0.29) is 11.8 Å². The molecule has 2 aliphatic heterocycles. The van der Waals surface area contributed by atoms with Crippen LogP contribution in [-0.2, 0) is 9.53 Å². The lowest BCUT2D eigenvalue weighted by molar-refractivity contribution is -0.136. The van der Waals surface area contributed by atoms with Crippen molar-refractivity contribution in [1.82, 2.24) is 0 Å². The first-order valence-corrected chi connectivity index (χ1v) is 12.0. The van der Waals surface area contributed by atoms with E-state index >= 15 is 0 Å². The number of hydrogen-bond acceptors (Lipinski definition) is 4. The van der Waals surface area contributed by atoms with Crippen LogP contribution in [0.3, 0.4) is 0 Å². The molecule has 2 aliphatic rings. The van der Waals surface area contributed by atoms with Crippen LogP contribution in [0.15, 0.2) is 24.3 Å². The molecule has 0 aromatic rings. The highest BCUT2D eigenvalue weighted by molar-refractivity contribution is 7.99. The molecule has 0 radical (unpaired) electrons. The van der Waals surface area contributed by atoms with E-state index < -0.39 is 12.1 Å². The maximum Gasteiger partial charge on any atom is 0.307 e. The minimum atomic E-state index is -0.782. The van der Waals surface area contributed by atoms with E-state index in [9.17, 15) is 9.90 Å². The van der Waals surface area contributed by atoms with Crippen LogP contribution >= 0.6 is 11.8 Å². The van der Waals surface area contributed by atoms with Gasteiger partial charge in [0.2, 0.25) is 0 Å². The third-order valence-corrected chi connectivity index (χ3v) is 7.20. The zero-order valence-corrected chi connectivity index (χ0v) is 18.5. The summed E-state index contributed by atoms with van der Waals surface area (Å²) in [5.41, 5.74) is -0.0847. The first-order chi connectivity index (χ1) is 13.3. The lowest BCUT2D eigenvalue weighted by Crippen LogP contribution is -2.29. The fraction of sp³-hybridized carbons (Fsp3) is 0.783. The summed E-state index contributed by atoms with van der Waals surface area (Å²) < 4.78 is 6.18. The van der Waals surface area contributed by atoms with Gasteiger partial charge in [0, 0.05) is 11.7 Å². The van der Waals surface area contributed by atoms with E-state index in [4.69, 9.17) is 9.84 Å². The Kier molecular flexibility index (Phi) is 9.58. The third kappa shape index (κ3) is 6.93. The third-order valence-electron chi connectivity index (χ3n) is 6.25. The number of carbonyl (C=O) groups is 1. The SMILES string of the molecule is CCCCC(C)(C)C(O)C=C[C@H]1[C@@H](CCSCC=CCC(=O)O)[C@H]2CC[C@@H]1O2. The molecule has 28 heavy (non-hydrogen) atoms. The summed E-state index contributed by atoms with van der Waals surface area (Å²) in [6, 6.07) is 0. The first-order valence-electron chi connectivity index (χ1n) is 10.8. The number of ether oxygens (including phenoxy) is 1. The van der Waals surface area contributed by atoms with Crippen molar-refractivity contribution in [3.05, 3.63) is 24.3 Å². The van der Waals surface area contributed by atoms with Crippen molar-refractivity contribution in [1.29, 1.82) is 0 Å². The van der Waals surface area contributed by atoms with Gasteiger partial charge in [0.1, 0.15) is 0 Å². The summed E-state index contributed by atoms with van der Waals surface area (Å²) in [5.74, 6) is 2.09. The van der Waals surface area contributed by atoms with Crippen LogP contribution in [-0.4, -0.2) is 46.0 Å². The van der Waals surface area contributed by atoms with E-state index in [1.54, 1.807) is 6.08 Å². The smallest absolute Gasteiger partial charge is 0.307 e. The van der Waals surface area contributed by atoms with Gasteiger partial charge in [-0.1, -0.05) is 57.9 Å². The predicted octanol–water partition coefficient (Wildman–Crippen LogP) is 5.07. The molecule has 160 valence electrons. The summed E-state index contributed by atoms with van der Waals surface area (Å²) >= 11 is 1.85. The first kappa shape index (κ1) is 23.5. The van der Waals surface area contributed by atoms with Gasteiger partial charge in [-0.05, 0) is 42.8 Å². The van der Waals surface area contributed by atoms with Gasteiger partial charge in [-0.25, -0.2) is 0 Å². The number of aliphatic carboxylic acids is 1. The van der Waals surface area contributed by atoms with E-state index in [1.807, 2.05) is 23.9 Å². The molecule has 2 N–H and O–H groups in total. The maximum atomic E-state index is 10.7. The highest BCUT2D eigenvalue weighted by Gasteiger charge is 2.47. The number of aliphatic hydroxyl groups excluding tert-OH is 1.